The van der Waals surface area contributed by atoms with Crippen molar-refractivity contribution in [3.05, 3.63) is 29.8 Å². The lowest BCUT2D eigenvalue weighted by molar-refractivity contribution is -0.128. The van der Waals surface area contributed by atoms with Crippen LogP contribution in [0.1, 0.15) is 43.5 Å². The molecule has 2 aliphatic carbocycles. The van der Waals surface area contributed by atoms with Gasteiger partial charge in [-0.25, -0.2) is 8.42 Å². The molecule has 130 valence electrons. The van der Waals surface area contributed by atoms with Crippen LogP contribution in [0.5, 0.6) is 0 Å². The number of anilines is 1. The summed E-state index contributed by atoms with van der Waals surface area (Å²) in [5, 5.41) is 0. The van der Waals surface area contributed by atoms with Gasteiger partial charge >= 0.3 is 0 Å². The van der Waals surface area contributed by atoms with Crippen LogP contribution in [0.25, 0.3) is 0 Å². The number of amides is 1. The van der Waals surface area contributed by atoms with Gasteiger partial charge in [0.1, 0.15) is 5.78 Å². The number of Topliss-reactive ketones (excluding diaryl/α,β-unsaturated/α-hetero) is 1. The summed E-state index contributed by atoms with van der Waals surface area (Å²) in [6.45, 7) is 3.98. The van der Waals surface area contributed by atoms with E-state index >= 15 is 0 Å². The summed E-state index contributed by atoms with van der Waals surface area (Å²) in [6, 6.07) is 6.20. The molecule has 2 bridgehead atoms. The third-order valence-corrected chi connectivity index (χ3v) is 7.44. The van der Waals surface area contributed by atoms with Crippen LogP contribution in [0.4, 0.5) is 5.69 Å². The highest BCUT2D eigenvalue weighted by molar-refractivity contribution is 7.92. The molecule has 6 nitrogen and oxygen atoms in total. The van der Waals surface area contributed by atoms with E-state index in [0.717, 1.165) is 6.42 Å². The van der Waals surface area contributed by atoms with Crippen molar-refractivity contribution < 1.29 is 18.0 Å². The first-order valence-electron chi connectivity index (χ1n) is 8.02. The summed E-state index contributed by atoms with van der Waals surface area (Å²) in [4.78, 5) is 24.0. The number of hydrogen-bond donors (Lipinski definition) is 2. The maximum atomic E-state index is 12.7. The molecule has 7 heteroatoms. The molecule has 1 aromatic carbocycles. The molecule has 0 heterocycles. The van der Waals surface area contributed by atoms with Crippen LogP contribution in [0.2, 0.25) is 0 Å². The zero-order valence-corrected chi connectivity index (χ0v) is 14.7. The van der Waals surface area contributed by atoms with E-state index in [0.29, 0.717) is 12.8 Å². The number of para-hydroxylation sites is 1. The molecule has 24 heavy (non-hydrogen) atoms. The number of benzene rings is 1. The smallest absolute Gasteiger partial charge is 0.250 e. The normalized spacial score (nSPS) is 28.1. The van der Waals surface area contributed by atoms with Gasteiger partial charge < -0.3 is 5.73 Å². The van der Waals surface area contributed by atoms with Gasteiger partial charge in [0.25, 0.3) is 5.91 Å². The van der Waals surface area contributed by atoms with Crippen molar-refractivity contribution in [3.8, 4) is 0 Å². The van der Waals surface area contributed by atoms with E-state index in [-0.39, 0.29) is 34.1 Å². The van der Waals surface area contributed by atoms with E-state index in [1.54, 1.807) is 12.1 Å². The van der Waals surface area contributed by atoms with Crippen molar-refractivity contribution in [3.63, 3.8) is 0 Å². The zero-order chi connectivity index (χ0) is 17.8. The Hall–Kier alpha value is -1.89. The molecular formula is C17H22N2O4S. The van der Waals surface area contributed by atoms with Gasteiger partial charge in [0.2, 0.25) is 10.0 Å². The zero-order valence-electron chi connectivity index (χ0n) is 13.8. The maximum Gasteiger partial charge on any atom is 0.250 e. The Balaban J connectivity index is 1.91. The van der Waals surface area contributed by atoms with Crippen molar-refractivity contribution in [1.29, 1.82) is 0 Å². The van der Waals surface area contributed by atoms with Gasteiger partial charge in [-0.2, -0.15) is 0 Å². The molecule has 0 aliphatic heterocycles. The molecule has 2 atom stereocenters. The average molecular weight is 350 g/mol. The number of sulfonamides is 1. The van der Waals surface area contributed by atoms with Gasteiger partial charge in [-0.15, -0.1) is 0 Å². The Labute approximate surface area is 141 Å². The molecule has 2 unspecified atom stereocenters. The molecule has 0 aromatic heterocycles. The fraction of sp³-hybridized carbons (Fsp3) is 0.529. The maximum absolute atomic E-state index is 12.7. The molecule has 2 saturated carbocycles. The number of carbonyl (C=O) groups excluding carboxylic acids is 2. The van der Waals surface area contributed by atoms with E-state index in [1.165, 1.54) is 12.1 Å². The molecular weight excluding hydrogens is 328 g/mol. The Morgan fingerprint density at radius 3 is 2.54 bits per heavy atom. The molecule has 0 saturated heterocycles. The average Bonchev–Trinajstić information content (AvgIpc) is 2.80. The second-order valence-electron chi connectivity index (χ2n) is 7.44. The number of primary amides is 1. The van der Waals surface area contributed by atoms with Gasteiger partial charge in [0.05, 0.1) is 22.4 Å². The number of ketones is 1. The molecule has 1 aromatic rings. The van der Waals surface area contributed by atoms with Crippen LogP contribution in [-0.2, 0) is 14.8 Å². The largest absolute Gasteiger partial charge is 0.366 e. The standard InChI is InChI=1S/C17H22N2O4S/c1-16(2)11-7-8-17(16,14(20)9-11)10-24(22,23)19-13-6-4-3-5-12(13)15(18)21/h3-6,11,19H,7-10H2,1-2H3,(H2,18,21). The topological polar surface area (TPSA) is 106 Å². The van der Waals surface area contributed by atoms with Crippen LogP contribution in [0.15, 0.2) is 24.3 Å². The van der Waals surface area contributed by atoms with Crippen LogP contribution in [-0.4, -0.2) is 25.9 Å². The first kappa shape index (κ1) is 17.0. The lowest BCUT2D eigenvalue weighted by atomic mass is 9.70. The minimum atomic E-state index is -3.80. The van der Waals surface area contributed by atoms with Crippen LogP contribution in [0, 0.1) is 16.7 Å². The molecule has 0 radical (unpaired) electrons. The van der Waals surface area contributed by atoms with Crippen molar-refractivity contribution in [2.45, 2.75) is 33.1 Å². The second kappa shape index (κ2) is 5.31. The Morgan fingerprint density at radius 2 is 2.00 bits per heavy atom. The van der Waals surface area contributed by atoms with E-state index in [9.17, 15) is 18.0 Å². The number of rotatable bonds is 5. The number of carbonyl (C=O) groups is 2. The fourth-order valence-electron chi connectivity index (χ4n) is 4.42. The predicted octanol–water partition coefficient (Wildman–Crippen LogP) is 1.92. The first-order valence-corrected chi connectivity index (χ1v) is 9.67. The van der Waals surface area contributed by atoms with Gasteiger partial charge in [0, 0.05) is 6.42 Å². The predicted molar refractivity (Wildman–Crippen MR) is 90.9 cm³/mol. The van der Waals surface area contributed by atoms with E-state index < -0.39 is 21.3 Å². The molecule has 3 rings (SSSR count). The van der Waals surface area contributed by atoms with E-state index in [4.69, 9.17) is 5.73 Å². The molecule has 2 aliphatic rings. The molecule has 1 amide bonds. The van der Waals surface area contributed by atoms with Crippen LogP contribution >= 0.6 is 0 Å². The van der Waals surface area contributed by atoms with Gasteiger partial charge in [-0.3, -0.25) is 14.3 Å². The summed E-state index contributed by atoms with van der Waals surface area (Å²) < 4.78 is 27.9. The van der Waals surface area contributed by atoms with Gasteiger partial charge in [0.15, 0.2) is 0 Å². The third-order valence-electron chi connectivity index (χ3n) is 6.03. The highest BCUT2D eigenvalue weighted by Gasteiger charge is 2.65. The lowest BCUT2D eigenvalue weighted by Gasteiger charge is -2.36. The number of fused-ring (bicyclic) bond motifs is 2. The summed E-state index contributed by atoms with van der Waals surface area (Å²) >= 11 is 0. The number of nitrogens with two attached hydrogens (primary N) is 1. The second-order valence-corrected chi connectivity index (χ2v) is 9.16. The van der Waals surface area contributed by atoms with Crippen molar-refractivity contribution >= 4 is 27.4 Å². The summed E-state index contributed by atoms with van der Waals surface area (Å²) in [6.07, 6.45) is 1.94. The van der Waals surface area contributed by atoms with E-state index in [1.807, 2.05) is 13.8 Å². The highest BCUT2D eigenvalue weighted by Crippen LogP contribution is 2.64. The van der Waals surface area contributed by atoms with Crippen LogP contribution < -0.4 is 10.5 Å². The first-order chi connectivity index (χ1) is 11.1. The quantitative estimate of drug-likeness (QED) is 0.846. The Kier molecular flexibility index (Phi) is 3.75. The highest BCUT2D eigenvalue weighted by atomic mass is 32.2. The minimum absolute atomic E-state index is 0.0392. The number of nitrogens with one attached hydrogen (secondary N) is 1. The summed E-state index contributed by atoms with van der Waals surface area (Å²) in [5.74, 6) is -0.671. The van der Waals surface area contributed by atoms with Crippen molar-refractivity contribution in [2.75, 3.05) is 10.5 Å². The van der Waals surface area contributed by atoms with Gasteiger partial charge in [-0.05, 0) is 36.3 Å². The number of hydrogen-bond acceptors (Lipinski definition) is 4. The van der Waals surface area contributed by atoms with Crippen LogP contribution in [0.3, 0.4) is 0 Å². The summed E-state index contributed by atoms with van der Waals surface area (Å²) in [7, 11) is -3.80. The van der Waals surface area contributed by atoms with Crippen molar-refractivity contribution in [2.24, 2.45) is 22.5 Å². The SMILES string of the molecule is CC1(C)C2CCC1(CS(=O)(=O)Nc1ccccc1C(N)=O)C(=O)C2. The van der Waals surface area contributed by atoms with Gasteiger partial charge in [-0.1, -0.05) is 26.0 Å². The lowest BCUT2D eigenvalue weighted by Crippen LogP contribution is -2.43. The molecule has 2 fully saturated rings. The third kappa shape index (κ3) is 2.42. The fourth-order valence-corrected chi connectivity index (χ4v) is 6.33. The monoisotopic (exact) mass is 350 g/mol. The Bertz CT molecular complexity index is 816. The molecule has 0 spiro atoms. The molecule has 3 N–H and O–H groups in total. The summed E-state index contributed by atoms with van der Waals surface area (Å²) in [5.41, 5.74) is 4.38. The van der Waals surface area contributed by atoms with Crippen molar-refractivity contribution in [1.82, 2.24) is 0 Å². The van der Waals surface area contributed by atoms with E-state index in [2.05, 4.69) is 4.72 Å². The Morgan fingerprint density at radius 1 is 1.33 bits per heavy atom. The minimum Gasteiger partial charge on any atom is -0.366 e.